The molecule has 22 heavy (non-hydrogen) atoms. The van der Waals surface area contributed by atoms with Crippen molar-refractivity contribution >= 4 is 5.91 Å². The van der Waals surface area contributed by atoms with Crippen molar-refractivity contribution in [1.29, 1.82) is 0 Å². The zero-order chi connectivity index (χ0) is 15.5. The van der Waals surface area contributed by atoms with Gasteiger partial charge in [0.1, 0.15) is 5.69 Å². The van der Waals surface area contributed by atoms with Gasteiger partial charge >= 0.3 is 0 Å². The average molecular weight is 302 g/mol. The Balaban J connectivity index is 1.89. The number of nitrogens with zero attached hydrogens (tertiary/aromatic N) is 6. The molecule has 1 unspecified atom stereocenters. The summed E-state index contributed by atoms with van der Waals surface area (Å²) in [5.74, 6) is -0.00449. The highest BCUT2D eigenvalue weighted by molar-refractivity contribution is 5.93. The van der Waals surface area contributed by atoms with E-state index in [1.807, 2.05) is 11.6 Å². The molecule has 2 aromatic heterocycles. The number of rotatable bonds is 4. The molecule has 2 aromatic rings. The Kier molecular flexibility index (Phi) is 4.10. The van der Waals surface area contributed by atoms with Crippen LogP contribution < -0.4 is 0 Å². The fourth-order valence-electron chi connectivity index (χ4n) is 2.83. The third kappa shape index (κ3) is 2.57. The van der Waals surface area contributed by atoms with E-state index in [4.69, 9.17) is 4.74 Å². The molecule has 8 heteroatoms. The van der Waals surface area contributed by atoms with Crippen molar-refractivity contribution < 1.29 is 9.53 Å². The van der Waals surface area contributed by atoms with Crippen molar-refractivity contribution in [1.82, 2.24) is 30.1 Å². The number of methoxy groups -OCH3 is 1. The van der Waals surface area contributed by atoms with E-state index >= 15 is 0 Å². The highest BCUT2D eigenvalue weighted by Crippen LogP contribution is 2.28. The number of carbonyl (C=O) groups is 1. The molecule has 0 bridgehead atoms. The Hall–Kier alpha value is -2.35. The molecular weight excluding hydrogens is 284 g/mol. The molecule has 8 nitrogen and oxygen atoms in total. The van der Waals surface area contributed by atoms with Crippen LogP contribution in [0, 0.1) is 0 Å². The maximum atomic E-state index is 12.6. The van der Waals surface area contributed by atoms with Crippen molar-refractivity contribution in [3.63, 3.8) is 0 Å². The van der Waals surface area contributed by atoms with Crippen LogP contribution in [-0.4, -0.2) is 56.3 Å². The standard InChI is InChI=1S/C14H18N6O2/c1-3-20-13-11(9-22-2)7-19(8-12(13)17-18-20)14(21)10-4-5-15-16-6-10/h4-6,11H,3,7-9H2,1-2H3. The fourth-order valence-corrected chi connectivity index (χ4v) is 2.83. The molecule has 3 rings (SSSR count). The number of hydrogen-bond acceptors (Lipinski definition) is 6. The Morgan fingerprint density at radius 2 is 2.32 bits per heavy atom. The summed E-state index contributed by atoms with van der Waals surface area (Å²) in [6, 6.07) is 1.67. The normalized spacial score (nSPS) is 17.4. The minimum Gasteiger partial charge on any atom is -0.384 e. The molecule has 0 saturated heterocycles. The third-order valence-electron chi connectivity index (χ3n) is 3.80. The average Bonchev–Trinajstić information content (AvgIpc) is 2.98. The third-order valence-corrected chi connectivity index (χ3v) is 3.80. The van der Waals surface area contributed by atoms with E-state index in [0.29, 0.717) is 25.3 Å². The van der Waals surface area contributed by atoms with E-state index in [1.165, 1.54) is 12.4 Å². The topological polar surface area (TPSA) is 86.0 Å². The van der Waals surface area contributed by atoms with Crippen LogP contribution in [0.25, 0.3) is 0 Å². The molecule has 0 N–H and O–H groups in total. The smallest absolute Gasteiger partial charge is 0.255 e. The summed E-state index contributed by atoms with van der Waals surface area (Å²) in [7, 11) is 1.66. The first-order valence-corrected chi connectivity index (χ1v) is 7.21. The number of amides is 1. The van der Waals surface area contributed by atoms with Gasteiger partial charge in [-0.05, 0) is 13.0 Å². The van der Waals surface area contributed by atoms with Crippen LogP contribution >= 0.6 is 0 Å². The van der Waals surface area contributed by atoms with Gasteiger partial charge in [-0.25, -0.2) is 4.68 Å². The number of aryl methyl sites for hydroxylation is 1. The van der Waals surface area contributed by atoms with Gasteiger partial charge in [0, 0.05) is 26.1 Å². The minimum atomic E-state index is -0.0762. The molecule has 3 heterocycles. The zero-order valence-electron chi connectivity index (χ0n) is 12.6. The first-order chi connectivity index (χ1) is 10.7. The van der Waals surface area contributed by atoms with Crippen LogP contribution in [0.15, 0.2) is 18.5 Å². The molecule has 0 fully saturated rings. The molecule has 0 aliphatic carbocycles. The first kappa shape index (κ1) is 14.6. The largest absolute Gasteiger partial charge is 0.384 e. The highest BCUT2D eigenvalue weighted by Gasteiger charge is 2.33. The van der Waals surface area contributed by atoms with Crippen molar-refractivity contribution in [3.05, 3.63) is 35.4 Å². The van der Waals surface area contributed by atoms with Gasteiger partial charge in [0.05, 0.1) is 36.8 Å². The molecule has 0 spiro atoms. The summed E-state index contributed by atoms with van der Waals surface area (Å²) in [5.41, 5.74) is 2.43. The summed E-state index contributed by atoms with van der Waals surface area (Å²) in [6.07, 6.45) is 2.99. The molecule has 1 amide bonds. The Morgan fingerprint density at radius 1 is 1.45 bits per heavy atom. The summed E-state index contributed by atoms with van der Waals surface area (Å²) in [6.45, 7) is 4.34. The van der Waals surface area contributed by atoms with Crippen LogP contribution in [0.5, 0.6) is 0 Å². The lowest BCUT2D eigenvalue weighted by atomic mass is 9.98. The Bertz CT molecular complexity index is 657. The molecular formula is C14H18N6O2. The van der Waals surface area contributed by atoms with Gasteiger partial charge in [-0.2, -0.15) is 10.2 Å². The van der Waals surface area contributed by atoms with Crippen LogP contribution in [0.4, 0.5) is 0 Å². The van der Waals surface area contributed by atoms with E-state index in [1.54, 1.807) is 18.1 Å². The summed E-state index contributed by atoms with van der Waals surface area (Å²) < 4.78 is 7.20. The van der Waals surface area contributed by atoms with Crippen molar-refractivity contribution in [2.45, 2.75) is 25.9 Å². The SMILES string of the molecule is CCn1nnc2c1C(COC)CN(C(=O)c1ccnnc1)C2. The lowest BCUT2D eigenvalue weighted by Gasteiger charge is -2.32. The predicted octanol–water partition coefficient (Wildman–Crippen LogP) is 0.474. The predicted molar refractivity (Wildman–Crippen MR) is 77.1 cm³/mol. The van der Waals surface area contributed by atoms with Gasteiger partial charge in [0.25, 0.3) is 5.91 Å². The second-order valence-corrected chi connectivity index (χ2v) is 5.21. The van der Waals surface area contributed by atoms with Crippen molar-refractivity contribution in [3.8, 4) is 0 Å². The van der Waals surface area contributed by atoms with Crippen molar-refractivity contribution in [2.75, 3.05) is 20.3 Å². The monoisotopic (exact) mass is 302 g/mol. The minimum absolute atomic E-state index is 0.0717. The lowest BCUT2D eigenvalue weighted by molar-refractivity contribution is 0.0672. The van der Waals surface area contributed by atoms with Crippen molar-refractivity contribution in [2.24, 2.45) is 0 Å². The van der Waals surface area contributed by atoms with Gasteiger partial charge in [0.15, 0.2) is 0 Å². The number of hydrogen-bond donors (Lipinski definition) is 0. The fraction of sp³-hybridized carbons (Fsp3) is 0.500. The lowest BCUT2D eigenvalue weighted by Crippen LogP contribution is -2.40. The van der Waals surface area contributed by atoms with Gasteiger partial charge < -0.3 is 9.64 Å². The van der Waals surface area contributed by atoms with Gasteiger partial charge in [-0.1, -0.05) is 5.21 Å². The van der Waals surface area contributed by atoms with E-state index in [2.05, 4.69) is 20.5 Å². The number of ether oxygens (including phenoxy) is 1. The Labute approximate surface area is 128 Å². The van der Waals surface area contributed by atoms with E-state index in [0.717, 1.165) is 17.9 Å². The quantitative estimate of drug-likeness (QED) is 0.816. The number of aromatic nitrogens is 5. The molecule has 116 valence electrons. The molecule has 0 radical (unpaired) electrons. The van der Waals surface area contributed by atoms with Crippen LogP contribution in [0.1, 0.15) is 34.6 Å². The second-order valence-electron chi connectivity index (χ2n) is 5.21. The zero-order valence-corrected chi connectivity index (χ0v) is 12.6. The molecule has 0 aromatic carbocycles. The summed E-state index contributed by atoms with van der Waals surface area (Å²) in [4.78, 5) is 14.4. The van der Waals surface area contributed by atoms with E-state index in [9.17, 15) is 4.79 Å². The van der Waals surface area contributed by atoms with Gasteiger partial charge in [-0.3, -0.25) is 4.79 Å². The molecule has 1 atom stereocenters. The Morgan fingerprint density at radius 3 is 3.00 bits per heavy atom. The molecule has 1 aliphatic heterocycles. The van der Waals surface area contributed by atoms with Crippen LogP contribution in [0.2, 0.25) is 0 Å². The maximum Gasteiger partial charge on any atom is 0.255 e. The maximum absolute atomic E-state index is 12.6. The molecule has 1 aliphatic rings. The number of fused-ring (bicyclic) bond motifs is 1. The van der Waals surface area contributed by atoms with Crippen LogP contribution in [0.3, 0.4) is 0 Å². The molecule has 0 saturated carbocycles. The van der Waals surface area contributed by atoms with Gasteiger partial charge in [0.2, 0.25) is 0 Å². The van der Waals surface area contributed by atoms with E-state index in [-0.39, 0.29) is 11.8 Å². The summed E-state index contributed by atoms with van der Waals surface area (Å²) in [5, 5.41) is 15.9. The number of carbonyl (C=O) groups excluding carboxylic acids is 1. The first-order valence-electron chi connectivity index (χ1n) is 7.21. The van der Waals surface area contributed by atoms with Gasteiger partial charge in [-0.15, -0.1) is 5.10 Å². The van der Waals surface area contributed by atoms with E-state index < -0.39 is 0 Å². The summed E-state index contributed by atoms with van der Waals surface area (Å²) >= 11 is 0. The second kappa shape index (κ2) is 6.18. The van der Waals surface area contributed by atoms with Crippen LogP contribution in [-0.2, 0) is 17.8 Å². The highest BCUT2D eigenvalue weighted by atomic mass is 16.5.